The lowest BCUT2D eigenvalue weighted by Gasteiger charge is -2.25. The summed E-state index contributed by atoms with van der Waals surface area (Å²) in [5.41, 5.74) is 11.1. The molecule has 2 fully saturated rings. The van der Waals surface area contributed by atoms with E-state index >= 15 is 0 Å². The second-order valence-electron chi connectivity index (χ2n) is 4.93. The van der Waals surface area contributed by atoms with E-state index in [4.69, 9.17) is 16.2 Å². The predicted octanol–water partition coefficient (Wildman–Crippen LogP) is 0.411. The summed E-state index contributed by atoms with van der Waals surface area (Å²) in [6.45, 7) is 5.04. The minimum atomic E-state index is 0.478. The van der Waals surface area contributed by atoms with E-state index in [1.807, 2.05) is 0 Å². The SMILES string of the molecule is CN1CCC(N)CC1.NCC1CCOCC1. The van der Waals surface area contributed by atoms with Crippen molar-refractivity contribution in [1.29, 1.82) is 0 Å². The Kier molecular flexibility index (Phi) is 6.96. The molecule has 2 heterocycles. The molecule has 96 valence electrons. The van der Waals surface area contributed by atoms with Gasteiger partial charge in [-0.25, -0.2) is 0 Å². The van der Waals surface area contributed by atoms with E-state index in [0.717, 1.165) is 38.5 Å². The third-order valence-corrected chi connectivity index (χ3v) is 3.44. The zero-order chi connectivity index (χ0) is 11.8. The van der Waals surface area contributed by atoms with Crippen molar-refractivity contribution in [3.05, 3.63) is 0 Å². The first-order valence-corrected chi connectivity index (χ1v) is 6.44. The molecule has 0 aliphatic carbocycles. The molecular weight excluding hydrogens is 202 g/mol. The first-order valence-electron chi connectivity index (χ1n) is 6.44. The molecule has 0 bridgehead atoms. The van der Waals surface area contributed by atoms with Crippen LogP contribution in [0, 0.1) is 5.92 Å². The lowest BCUT2D eigenvalue weighted by atomic mass is 10.0. The molecule has 0 unspecified atom stereocenters. The van der Waals surface area contributed by atoms with Crippen molar-refractivity contribution < 1.29 is 4.74 Å². The van der Waals surface area contributed by atoms with Crippen molar-refractivity contribution in [2.45, 2.75) is 31.7 Å². The first-order chi connectivity index (χ1) is 7.72. The summed E-state index contributed by atoms with van der Waals surface area (Å²) in [5.74, 6) is 0.740. The van der Waals surface area contributed by atoms with Gasteiger partial charge in [0, 0.05) is 19.3 Å². The molecule has 0 aromatic rings. The second-order valence-corrected chi connectivity index (χ2v) is 4.93. The van der Waals surface area contributed by atoms with E-state index in [9.17, 15) is 0 Å². The number of ether oxygens (including phenoxy) is 1. The Morgan fingerprint density at radius 2 is 1.69 bits per heavy atom. The number of rotatable bonds is 1. The van der Waals surface area contributed by atoms with Crippen LogP contribution in [-0.4, -0.2) is 50.8 Å². The highest BCUT2D eigenvalue weighted by atomic mass is 16.5. The molecule has 0 spiro atoms. The van der Waals surface area contributed by atoms with Crippen LogP contribution >= 0.6 is 0 Å². The molecular formula is C12H27N3O. The van der Waals surface area contributed by atoms with E-state index in [1.165, 1.54) is 25.9 Å². The van der Waals surface area contributed by atoms with Crippen molar-refractivity contribution in [3.63, 3.8) is 0 Å². The van der Waals surface area contributed by atoms with Crippen molar-refractivity contribution >= 4 is 0 Å². The van der Waals surface area contributed by atoms with Crippen molar-refractivity contribution in [3.8, 4) is 0 Å². The number of piperidine rings is 1. The smallest absolute Gasteiger partial charge is 0.0469 e. The molecule has 2 saturated heterocycles. The summed E-state index contributed by atoms with van der Waals surface area (Å²) < 4.78 is 5.15. The highest BCUT2D eigenvalue weighted by molar-refractivity contribution is 4.70. The van der Waals surface area contributed by atoms with Crippen LogP contribution in [0.2, 0.25) is 0 Å². The lowest BCUT2D eigenvalue weighted by Crippen LogP contribution is -2.37. The zero-order valence-corrected chi connectivity index (χ0v) is 10.5. The van der Waals surface area contributed by atoms with E-state index in [2.05, 4.69) is 11.9 Å². The van der Waals surface area contributed by atoms with Gasteiger partial charge in [-0.1, -0.05) is 0 Å². The molecule has 16 heavy (non-hydrogen) atoms. The average molecular weight is 229 g/mol. The maximum absolute atomic E-state index is 5.67. The summed E-state index contributed by atoms with van der Waals surface area (Å²) in [6, 6.07) is 0.478. The third-order valence-electron chi connectivity index (χ3n) is 3.44. The normalized spacial score (nSPS) is 24.9. The maximum atomic E-state index is 5.67. The molecule has 0 radical (unpaired) electrons. The fourth-order valence-corrected chi connectivity index (χ4v) is 2.01. The van der Waals surface area contributed by atoms with Crippen molar-refractivity contribution in [1.82, 2.24) is 4.90 Å². The van der Waals surface area contributed by atoms with Crippen LogP contribution in [0.1, 0.15) is 25.7 Å². The molecule has 4 heteroatoms. The van der Waals surface area contributed by atoms with Crippen molar-refractivity contribution in [2.75, 3.05) is 39.9 Å². The number of nitrogens with two attached hydrogens (primary N) is 2. The van der Waals surface area contributed by atoms with Gasteiger partial charge in [0.2, 0.25) is 0 Å². The molecule has 0 saturated carbocycles. The molecule has 0 aromatic carbocycles. The van der Waals surface area contributed by atoms with Gasteiger partial charge in [0.1, 0.15) is 0 Å². The standard InChI is InChI=1S/C6H14N2.C6H13NO/c1-8-4-2-6(7)3-5-8;7-5-6-1-3-8-4-2-6/h6H,2-5,7H2,1H3;6H,1-5,7H2. The summed E-state index contributed by atoms with van der Waals surface area (Å²) in [4.78, 5) is 2.32. The van der Waals surface area contributed by atoms with Gasteiger partial charge >= 0.3 is 0 Å². The van der Waals surface area contributed by atoms with Crippen molar-refractivity contribution in [2.24, 2.45) is 17.4 Å². The number of likely N-dealkylation sites (tertiary alicyclic amines) is 1. The highest BCUT2D eigenvalue weighted by Crippen LogP contribution is 2.11. The van der Waals surface area contributed by atoms with Crippen LogP contribution in [0.4, 0.5) is 0 Å². The van der Waals surface area contributed by atoms with Gasteiger partial charge in [0.05, 0.1) is 0 Å². The van der Waals surface area contributed by atoms with E-state index < -0.39 is 0 Å². The van der Waals surface area contributed by atoms with Gasteiger partial charge in [-0.15, -0.1) is 0 Å². The number of nitrogens with zero attached hydrogens (tertiary/aromatic N) is 1. The molecule has 4 nitrogen and oxygen atoms in total. The Bertz CT molecular complexity index is 154. The number of hydrogen-bond acceptors (Lipinski definition) is 4. The van der Waals surface area contributed by atoms with Crippen LogP contribution in [0.5, 0.6) is 0 Å². The Morgan fingerprint density at radius 1 is 1.12 bits per heavy atom. The summed E-state index contributed by atoms with van der Waals surface area (Å²) in [6.07, 6.45) is 4.68. The maximum Gasteiger partial charge on any atom is 0.0469 e. The summed E-state index contributed by atoms with van der Waals surface area (Å²) in [5, 5.41) is 0. The Morgan fingerprint density at radius 3 is 2.06 bits per heavy atom. The Balaban J connectivity index is 0.000000160. The van der Waals surface area contributed by atoms with Gasteiger partial charge in [-0.05, 0) is 58.3 Å². The van der Waals surface area contributed by atoms with Crippen LogP contribution < -0.4 is 11.5 Å². The molecule has 4 N–H and O–H groups in total. The van der Waals surface area contributed by atoms with Crippen LogP contribution in [0.15, 0.2) is 0 Å². The quantitative estimate of drug-likeness (QED) is 0.683. The molecule has 2 aliphatic rings. The van der Waals surface area contributed by atoms with E-state index in [1.54, 1.807) is 0 Å². The van der Waals surface area contributed by atoms with Gasteiger partial charge in [-0.2, -0.15) is 0 Å². The van der Waals surface area contributed by atoms with E-state index in [0.29, 0.717) is 6.04 Å². The Hall–Kier alpha value is -0.160. The topological polar surface area (TPSA) is 64.5 Å². The fourth-order valence-electron chi connectivity index (χ4n) is 2.01. The Labute approximate surface area is 99.3 Å². The minimum absolute atomic E-state index is 0.478. The lowest BCUT2D eigenvalue weighted by molar-refractivity contribution is 0.0688. The zero-order valence-electron chi connectivity index (χ0n) is 10.5. The monoisotopic (exact) mass is 229 g/mol. The van der Waals surface area contributed by atoms with Crippen LogP contribution in [0.3, 0.4) is 0 Å². The van der Waals surface area contributed by atoms with Gasteiger partial charge in [0.25, 0.3) is 0 Å². The van der Waals surface area contributed by atoms with Gasteiger partial charge < -0.3 is 21.1 Å². The number of hydrogen-bond donors (Lipinski definition) is 2. The van der Waals surface area contributed by atoms with Gasteiger partial charge in [-0.3, -0.25) is 0 Å². The molecule has 0 amide bonds. The average Bonchev–Trinajstić information content (AvgIpc) is 2.35. The third kappa shape index (κ3) is 5.80. The second kappa shape index (κ2) is 8.01. The predicted molar refractivity (Wildman–Crippen MR) is 67.3 cm³/mol. The minimum Gasteiger partial charge on any atom is -0.381 e. The summed E-state index contributed by atoms with van der Waals surface area (Å²) in [7, 11) is 2.14. The largest absolute Gasteiger partial charge is 0.381 e. The highest BCUT2D eigenvalue weighted by Gasteiger charge is 2.11. The van der Waals surface area contributed by atoms with E-state index in [-0.39, 0.29) is 0 Å². The molecule has 2 rings (SSSR count). The van der Waals surface area contributed by atoms with Crippen LogP contribution in [0.25, 0.3) is 0 Å². The molecule has 2 aliphatic heterocycles. The van der Waals surface area contributed by atoms with Crippen LogP contribution in [-0.2, 0) is 4.74 Å². The molecule has 0 atom stereocenters. The summed E-state index contributed by atoms with van der Waals surface area (Å²) >= 11 is 0. The molecule has 0 aromatic heterocycles. The fraction of sp³-hybridized carbons (Fsp3) is 1.00. The van der Waals surface area contributed by atoms with Gasteiger partial charge in [0.15, 0.2) is 0 Å². The first kappa shape index (κ1) is 13.9.